The summed E-state index contributed by atoms with van der Waals surface area (Å²) >= 11 is 0. The molecule has 1 fully saturated rings. The second-order valence-electron chi connectivity index (χ2n) is 5.93. The molecule has 2 N–H and O–H groups in total. The molecule has 5 nitrogen and oxygen atoms in total. The molecule has 0 saturated carbocycles. The molecule has 1 aliphatic rings. The summed E-state index contributed by atoms with van der Waals surface area (Å²) in [7, 11) is 1.55. The minimum Gasteiger partial charge on any atom is -0.435 e. The lowest BCUT2D eigenvalue weighted by atomic mass is 10.2. The van der Waals surface area contributed by atoms with E-state index in [0.29, 0.717) is 31.0 Å². The minimum atomic E-state index is -4.21. The van der Waals surface area contributed by atoms with E-state index in [0.717, 1.165) is 0 Å². The number of nitrogens with zero attached hydrogens (tertiary/aromatic N) is 2. The van der Waals surface area contributed by atoms with E-state index in [1.807, 2.05) is 0 Å². The molecule has 1 unspecified atom stereocenters. The summed E-state index contributed by atoms with van der Waals surface area (Å²) in [6, 6.07) is 6.09. The van der Waals surface area contributed by atoms with Gasteiger partial charge < -0.3 is 15.4 Å². The predicted molar refractivity (Wildman–Crippen MR) is 103 cm³/mol. The molecule has 27 heavy (non-hydrogen) atoms. The van der Waals surface area contributed by atoms with Gasteiger partial charge in [-0.15, -0.1) is 24.0 Å². The van der Waals surface area contributed by atoms with Crippen molar-refractivity contribution in [2.24, 2.45) is 4.99 Å². The SMILES string of the molecule is CN=C(NCc1cccc(OC(F)F)c1)NC1CCN(CC(F)(F)F)C1.I. The number of alkyl halides is 5. The molecular formula is C16H22F5IN4O. The van der Waals surface area contributed by atoms with Gasteiger partial charge in [-0.25, -0.2) is 0 Å². The maximum absolute atomic E-state index is 12.4. The highest BCUT2D eigenvalue weighted by molar-refractivity contribution is 14.0. The lowest BCUT2D eigenvalue weighted by Gasteiger charge is -2.20. The molecule has 11 heteroatoms. The van der Waals surface area contributed by atoms with E-state index in [2.05, 4.69) is 20.4 Å². The summed E-state index contributed by atoms with van der Waals surface area (Å²) < 4.78 is 66.1. The Labute approximate surface area is 171 Å². The van der Waals surface area contributed by atoms with Crippen LogP contribution in [0.3, 0.4) is 0 Å². The zero-order valence-electron chi connectivity index (χ0n) is 14.6. The number of nitrogens with one attached hydrogen (secondary N) is 2. The van der Waals surface area contributed by atoms with Gasteiger partial charge in [0.25, 0.3) is 0 Å². The molecule has 0 spiro atoms. The van der Waals surface area contributed by atoms with E-state index in [4.69, 9.17) is 0 Å². The van der Waals surface area contributed by atoms with Crippen molar-refractivity contribution in [2.45, 2.75) is 31.8 Å². The van der Waals surface area contributed by atoms with Gasteiger partial charge in [0.05, 0.1) is 6.54 Å². The second-order valence-corrected chi connectivity index (χ2v) is 5.93. The van der Waals surface area contributed by atoms with Crippen molar-refractivity contribution in [3.8, 4) is 5.75 Å². The highest BCUT2D eigenvalue weighted by Gasteiger charge is 2.34. The number of halogens is 6. The second kappa shape index (κ2) is 10.8. The Bertz CT molecular complexity index is 615. The van der Waals surface area contributed by atoms with Gasteiger partial charge in [-0.3, -0.25) is 9.89 Å². The summed E-state index contributed by atoms with van der Waals surface area (Å²) in [6.45, 7) is -2.87. The molecule has 0 aliphatic carbocycles. The topological polar surface area (TPSA) is 48.9 Å². The molecule has 1 aliphatic heterocycles. The maximum atomic E-state index is 12.4. The third kappa shape index (κ3) is 8.91. The molecule has 1 aromatic rings. The van der Waals surface area contributed by atoms with Crippen LogP contribution in [0, 0.1) is 0 Å². The van der Waals surface area contributed by atoms with Gasteiger partial charge in [0.1, 0.15) is 5.75 Å². The predicted octanol–water partition coefficient (Wildman–Crippen LogP) is 3.21. The first-order chi connectivity index (χ1) is 12.2. The fraction of sp³-hybridized carbons (Fsp3) is 0.562. The first kappa shape index (κ1) is 23.7. The average molecular weight is 508 g/mol. The van der Waals surface area contributed by atoms with Crippen LogP contribution in [0.5, 0.6) is 5.75 Å². The number of hydrogen-bond donors (Lipinski definition) is 2. The lowest BCUT2D eigenvalue weighted by Crippen LogP contribution is -2.44. The van der Waals surface area contributed by atoms with Crippen LogP contribution >= 0.6 is 24.0 Å². The van der Waals surface area contributed by atoms with Crippen molar-refractivity contribution in [1.82, 2.24) is 15.5 Å². The summed E-state index contributed by atoms with van der Waals surface area (Å²) in [6.07, 6.45) is -3.63. The first-order valence-corrected chi connectivity index (χ1v) is 8.05. The van der Waals surface area contributed by atoms with Gasteiger partial charge in [-0.1, -0.05) is 12.1 Å². The zero-order valence-corrected chi connectivity index (χ0v) is 16.9. The maximum Gasteiger partial charge on any atom is 0.401 e. The van der Waals surface area contributed by atoms with Crippen LogP contribution < -0.4 is 15.4 Å². The summed E-state index contributed by atoms with van der Waals surface area (Å²) in [4.78, 5) is 5.38. The fourth-order valence-corrected chi connectivity index (χ4v) is 2.75. The molecule has 1 saturated heterocycles. The van der Waals surface area contributed by atoms with E-state index in [1.54, 1.807) is 19.2 Å². The van der Waals surface area contributed by atoms with Crippen molar-refractivity contribution in [3.63, 3.8) is 0 Å². The average Bonchev–Trinajstić information content (AvgIpc) is 2.96. The Kier molecular flexibility index (Phi) is 9.50. The van der Waals surface area contributed by atoms with Crippen LogP contribution in [-0.2, 0) is 6.54 Å². The molecule has 0 aromatic heterocycles. The molecule has 1 aromatic carbocycles. The molecular weight excluding hydrogens is 486 g/mol. The Morgan fingerprint density at radius 1 is 1.37 bits per heavy atom. The number of benzene rings is 1. The van der Waals surface area contributed by atoms with Crippen molar-refractivity contribution < 1.29 is 26.7 Å². The standard InChI is InChI=1S/C16H21F5N4O.HI/c1-22-15(24-12-5-6-25(9-12)10-16(19,20)21)23-8-11-3-2-4-13(7-11)26-14(17)18;/h2-4,7,12,14H,5-6,8-10H2,1H3,(H2,22,23,24);1H. The Balaban J connectivity index is 0.00000364. The smallest absolute Gasteiger partial charge is 0.401 e. The van der Waals surface area contributed by atoms with Crippen LogP contribution in [-0.4, -0.2) is 56.4 Å². The van der Waals surface area contributed by atoms with E-state index in [1.165, 1.54) is 17.0 Å². The van der Waals surface area contributed by atoms with Crippen molar-refractivity contribution in [2.75, 3.05) is 26.7 Å². The fourth-order valence-electron chi connectivity index (χ4n) is 2.75. The van der Waals surface area contributed by atoms with Gasteiger partial charge in [0, 0.05) is 32.7 Å². The third-order valence-electron chi connectivity index (χ3n) is 3.82. The first-order valence-electron chi connectivity index (χ1n) is 8.05. The number of hydrogen-bond acceptors (Lipinski definition) is 3. The van der Waals surface area contributed by atoms with Gasteiger partial charge in [-0.2, -0.15) is 22.0 Å². The van der Waals surface area contributed by atoms with Gasteiger partial charge >= 0.3 is 12.8 Å². The lowest BCUT2D eigenvalue weighted by molar-refractivity contribution is -0.143. The van der Waals surface area contributed by atoms with Crippen LogP contribution in [0.15, 0.2) is 29.3 Å². The quantitative estimate of drug-likeness (QED) is 0.268. The molecule has 0 radical (unpaired) electrons. The Hall–Kier alpha value is -1.37. The van der Waals surface area contributed by atoms with Crippen LogP contribution in [0.4, 0.5) is 22.0 Å². The van der Waals surface area contributed by atoms with Crippen LogP contribution in [0.1, 0.15) is 12.0 Å². The van der Waals surface area contributed by atoms with Crippen molar-refractivity contribution in [1.29, 1.82) is 0 Å². The normalized spacial score (nSPS) is 18.3. The summed E-state index contributed by atoms with van der Waals surface area (Å²) in [5.41, 5.74) is 0.705. The van der Waals surface area contributed by atoms with E-state index >= 15 is 0 Å². The summed E-state index contributed by atoms with van der Waals surface area (Å²) in [5, 5.41) is 6.09. The largest absolute Gasteiger partial charge is 0.435 e. The van der Waals surface area contributed by atoms with Gasteiger partial charge in [-0.05, 0) is 24.1 Å². The summed E-state index contributed by atoms with van der Waals surface area (Å²) in [5.74, 6) is 0.491. The molecule has 154 valence electrons. The minimum absolute atomic E-state index is 0. The Morgan fingerprint density at radius 2 is 2.11 bits per heavy atom. The molecule has 0 bridgehead atoms. The van der Waals surface area contributed by atoms with Crippen molar-refractivity contribution in [3.05, 3.63) is 29.8 Å². The van der Waals surface area contributed by atoms with Crippen molar-refractivity contribution >= 4 is 29.9 Å². The van der Waals surface area contributed by atoms with Gasteiger partial charge in [0.2, 0.25) is 0 Å². The van der Waals surface area contributed by atoms with Gasteiger partial charge in [0.15, 0.2) is 5.96 Å². The molecule has 0 amide bonds. The highest BCUT2D eigenvalue weighted by Crippen LogP contribution is 2.20. The number of ether oxygens (including phenoxy) is 1. The number of rotatable bonds is 6. The van der Waals surface area contributed by atoms with E-state index < -0.39 is 19.3 Å². The monoisotopic (exact) mass is 508 g/mol. The van der Waals surface area contributed by atoms with Crippen LogP contribution in [0.2, 0.25) is 0 Å². The van der Waals surface area contributed by atoms with E-state index in [-0.39, 0.29) is 42.3 Å². The molecule has 1 atom stereocenters. The number of guanidine groups is 1. The highest BCUT2D eigenvalue weighted by atomic mass is 127. The third-order valence-corrected chi connectivity index (χ3v) is 3.82. The van der Waals surface area contributed by atoms with E-state index in [9.17, 15) is 22.0 Å². The van der Waals surface area contributed by atoms with Crippen LogP contribution in [0.25, 0.3) is 0 Å². The molecule has 1 heterocycles. The number of aliphatic imine (C=N–C) groups is 1. The number of likely N-dealkylation sites (tertiary alicyclic amines) is 1. The molecule has 2 rings (SSSR count). The zero-order chi connectivity index (χ0) is 19.2. The Morgan fingerprint density at radius 3 is 2.74 bits per heavy atom.